The van der Waals surface area contributed by atoms with Crippen LogP contribution < -0.4 is 0 Å². The first-order valence-electron chi connectivity index (χ1n) is 1.83. The van der Waals surface area contributed by atoms with Gasteiger partial charge in [-0.2, -0.15) is 0 Å². The first-order valence-corrected chi connectivity index (χ1v) is 3.63. The van der Waals surface area contributed by atoms with Gasteiger partial charge in [-0.05, 0) is 0 Å². The Kier molecular flexibility index (Phi) is 2.22. The van der Waals surface area contributed by atoms with E-state index < -0.39 is 19.5 Å². The fourth-order valence-electron chi connectivity index (χ4n) is 0.238. The van der Waals surface area contributed by atoms with E-state index in [4.69, 9.17) is 14.9 Å². The van der Waals surface area contributed by atoms with Gasteiger partial charge in [-0.3, -0.25) is 4.57 Å². The van der Waals surface area contributed by atoms with E-state index in [1.807, 2.05) is 0 Å². The van der Waals surface area contributed by atoms with Crippen molar-refractivity contribution in [3.63, 3.8) is 0 Å². The second-order valence-electron chi connectivity index (χ2n) is 1.39. The SMILES string of the molecule is C=C(O)CP(=O)(O)O. The summed E-state index contributed by atoms with van der Waals surface area (Å²) < 4.78 is 9.92. The average molecular weight is 138 g/mol. The zero-order valence-corrected chi connectivity index (χ0v) is 5.01. The standard InChI is InChI=1S/C3H7O4P/c1-3(4)2-8(5,6)7/h4H,1-2H2,(H2,5,6,7). The van der Waals surface area contributed by atoms with Crippen LogP contribution >= 0.6 is 7.60 Å². The van der Waals surface area contributed by atoms with Gasteiger partial charge in [-0.1, -0.05) is 6.58 Å². The largest absolute Gasteiger partial charge is 0.512 e. The van der Waals surface area contributed by atoms with Gasteiger partial charge in [0.1, 0.15) is 6.16 Å². The normalized spacial score (nSPS) is 11.2. The molecule has 0 saturated carbocycles. The fraction of sp³-hybridized carbons (Fsp3) is 0.333. The Balaban J connectivity index is 3.74. The molecule has 4 nitrogen and oxygen atoms in total. The Morgan fingerprint density at radius 3 is 2.00 bits per heavy atom. The molecule has 0 fully saturated rings. The van der Waals surface area contributed by atoms with E-state index in [0.717, 1.165) is 0 Å². The van der Waals surface area contributed by atoms with Gasteiger partial charge in [0.2, 0.25) is 0 Å². The molecule has 0 heterocycles. The third-order valence-corrected chi connectivity index (χ3v) is 1.17. The van der Waals surface area contributed by atoms with Crippen molar-refractivity contribution in [1.82, 2.24) is 0 Å². The van der Waals surface area contributed by atoms with Crippen molar-refractivity contribution in [3.8, 4) is 0 Å². The summed E-state index contributed by atoms with van der Waals surface area (Å²) in [5.74, 6) is -0.488. The average Bonchev–Trinajstić information content (AvgIpc) is 1.21. The number of rotatable bonds is 2. The lowest BCUT2D eigenvalue weighted by Crippen LogP contribution is -1.88. The predicted molar refractivity (Wildman–Crippen MR) is 28.7 cm³/mol. The molecule has 48 valence electrons. The maximum absolute atomic E-state index is 9.92. The molecule has 0 atom stereocenters. The van der Waals surface area contributed by atoms with Crippen LogP contribution in [0.25, 0.3) is 0 Å². The fourth-order valence-corrected chi connectivity index (χ4v) is 0.713. The van der Waals surface area contributed by atoms with Crippen LogP contribution in [0.2, 0.25) is 0 Å². The van der Waals surface area contributed by atoms with Gasteiger partial charge < -0.3 is 14.9 Å². The Labute approximate surface area is 46.6 Å². The summed E-state index contributed by atoms with van der Waals surface area (Å²) in [6.07, 6.45) is -0.646. The van der Waals surface area contributed by atoms with Gasteiger partial charge in [0, 0.05) is 0 Å². The number of allylic oxidation sites excluding steroid dienone is 1. The Bertz CT molecular complexity index is 134. The van der Waals surface area contributed by atoms with Crippen LogP contribution in [-0.2, 0) is 4.57 Å². The molecule has 0 aromatic carbocycles. The quantitative estimate of drug-likeness (QED) is 0.377. The molecule has 0 aliphatic carbocycles. The highest BCUT2D eigenvalue weighted by Gasteiger charge is 2.13. The second kappa shape index (κ2) is 2.31. The van der Waals surface area contributed by atoms with Crippen LogP contribution in [0.1, 0.15) is 0 Å². The lowest BCUT2D eigenvalue weighted by molar-refractivity contribution is 0.357. The van der Waals surface area contributed by atoms with Crippen molar-refractivity contribution >= 4 is 7.60 Å². The summed E-state index contributed by atoms with van der Waals surface area (Å²) in [5.41, 5.74) is 0. The lowest BCUT2D eigenvalue weighted by Gasteiger charge is -1.98. The summed E-state index contributed by atoms with van der Waals surface area (Å²) >= 11 is 0. The van der Waals surface area contributed by atoms with E-state index in [1.165, 1.54) is 0 Å². The highest BCUT2D eigenvalue weighted by atomic mass is 31.2. The van der Waals surface area contributed by atoms with E-state index in [9.17, 15) is 4.57 Å². The van der Waals surface area contributed by atoms with E-state index in [1.54, 1.807) is 0 Å². The first kappa shape index (κ1) is 7.69. The van der Waals surface area contributed by atoms with Gasteiger partial charge >= 0.3 is 7.60 Å². The van der Waals surface area contributed by atoms with Gasteiger partial charge in [-0.15, -0.1) is 0 Å². The first-order chi connectivity index (χ1) is 3.42. The number of aliphatic hydroxyl groups excluding tert-OH is 1. The number of hydrogen-bond acceptors (Lipinski definition) is 2. The van der Waals surface area contributed by atoms with Crippen LogP contribution in [0.5, 0.6) is 0 Å². The van der Waals surface area contributed by atoms with Gasteiger partial charge in [0.05, 0.1) is 5.76 Å². The summed E-state index contributed by atoms with van der Waals surface area (Å²) in [5, 5.41) is 8.20. The van der Waals surface area contributed by atoms with Crippen molar-refractivity contribution in [2.45, 2.75) is 0 Å². The monoisotopic (exact) mass is 138 g/mol. The zero-order valence-electron chi connectivity index (χ0n) is 4.11. The number of aliphatic hydroxyl groups is 1. The molecule has 0 rings (SSSR count). The van der Waals surface area contributed by atoms with Gasteiger partial charge in [-0.25, -0.2) is 0 Å². The van der Waals surface area contributed by atoms with Crippen LogP contribution in [0.3, 0.4) is 0 Å². The number of hydrogen-bond donors (Lipinski definition) is 3. The molecule has 0 aliphatic rings. The molecule has 0 aliphatic heterocycles. The molecule has 0 aromatic heterocycles. The third kappa shape index (κ3) is 5.69. The summed E-state index contributed by atoms with van der Waals surface area (Å²) in [7, 11) is -4.07. The molecule has 0 bridgehead atoms. The van der Waals surface area contributed by atoms with Gasteiger partial charge in [0.25, 0.3) is 0 Å². The molecule has 0 unspecified atom stereocenters. The van der Waals surface area contributed by atoms with E-state index in [0.29, 0.717) is 0 Å². The van der Waals surface area contributed by atoms with Crippen molar-refractivity contribution in [2.24, 2.45) is 0 Å². The molecular weight excluding hydrogens is 131 g/mol. The van der Waals surface area contributed by atoms with Crippen LogP contribution in [0.4, 0.5) is 0 Å². The van der Waals surface area contributed by atoms with Crippen molar-refractivity contribution in [1.29, 1.82) is 0 Å². The zero-order chi connectivity index (χ0) is 6.78. The van der Waals surface area contributed by atoms with Crippen molar-refractivity contribution in [2.75, 3.05) is 6.16 Å². The Morgan fingerprint density at radius 2 is 2.00 bits per heavy atom. The molecule has 8 heavy (non-hydrogen) atoms. The lowest BCUT2D eigenvalue weighted by atomic mass is 10.7. The minimum atomic E-state index is -4.07. The van der Waals surface area contributed by atoms with Gasteiger partial charge in [0.15, 0.2) is 0 Å². The molecule has 0 aromatic rings. The Morgan fingerprint density at radius 1 is 1.62 bits per heavy atom. The van der Waals surface area contributed by atoms with Crippen LogP contribution in [0.15, 0.2) is 12.3 Å². The molecule has 0 radical (unpaired) electrons. The van der Waals surface area contributed by atoms with E-state index >= 15 is 0 Å². The molecule has 0 saturated heterocycles. The van der Waals surface area contributed by atoms with Crippen molar-refractivity contribution < 1.29 is 19.5 Å². The van der Waals surface area contributed by atoms with Crippen LogP contribution in [0, 0.1) is 0 Å². The second-order valence-corrected chi connectivity index (χ2v) is 3.03. The minimum absolute atomic E-state index is 0.488. The van der Waals surface area contributed by atoms with Crippen molar-refractivity contribution in [3.05, 3.63) is 12.3 Å². The maximum Gasteiger partial charge on any atom is 0.333 e. The maximum atomic E-state index is 9.92. The summed E-state index contributed by atoms with van der Waals surface area (Å²) in [6.45, 7) is 2.90. The smallest absolute Gasteiger partial charge is 0.333 e. The highest BCUT2D eigenvalue weighted by molar-refractivity contribution is 7.52. The minimum Gasteiger partial charge on any atom is -0.512 e. The Hall–Kier alpha value is -0.310. The molecule has 0 amide bonds. The van der Waals surface area contributed by atoms with Crippen LogP contribution in [-0.4, -0.2) is 21.1 Å². The molecule has 0 spiro atoms. The predicted octanol–water partition coefficient (Wildman–Crippen LogP) is 0.236. The third-order valence-electron chi connectivity index (χ3n) is 0.388. The highest BCUT2D eigenvalue weighted by Crippen LogP contribution is 2.35. The summed E-state index contributed by atoms with van der Waals surface area (Å²) in [4.78, 5) is 16.2. The molecule has 3 N–H and O–H groups in total. The van der Waals surface area contributed by atoms with E-state index in [2.05, 4.69) is 6.58 Å². The molecule has 5 heteroatoms. The van der Waals surface area contributed by atoms with E-state index in [-0.39, 0.29) is 0 Å². The molecular formula is C3H7O4P. The summed E-state index contributed by atoms with van der Waals surface area (Å²) in [6, 6.07) is 0. The topological polar surface area (TPSA) is 77.8 Å².